The molecule has 1 aliphatic heterocycles. The fourth-order valence-electron chi connectivity index (χ4n) is 1.86. The summed E-state index contributed by atoms with van der Waals surface area (Å²) >= 11 is 0. The van der Waals surface area contributed by atoms with Crippen LogP contribution in [0.2, 0.25) is 0 Å². The number of hydrogen-bond donors (Lipinski definition) is 1. The Morgan fingerprint density at radius 2 is 2.36 bits per heavy atom. The van der Waals surface area contributed by atoms with Crippen molar-refractivity contribution in [2.24, 2.45) is 0 Å². The van der Waals surface area contributed by atoms with Crippen molar-refractivity contribution in [3.63, 3.8) is 0 Å². The lowest BCUT2D eigenvalue weighted by atomic mass is 10.1. The van der Waals surface area contributed by atoms with Gasteiger partial charge in [-0.3, -0.25) is 4.90 Å². The Labute approximate surface area is 87.8 Å². The molecule has 0 spiro atoms. The first-order valence-corrected chi connectivity index (χ1v) is 5.77. The molecule has 3 heteroatoms. The van der Waals surface area contributed by atoms with Gasteiger partial charge in [0.1, 0.15) is 0 Å². The molecule has 0 aromatic heterocycles. The van der Waals surface area contributed by atoms with Crippen LogP contribution in [-0.4, -0.2) is 50.3 Å². The van der Waals surface area contributed by atoms with E-state index in [0.29, 0.717) is 12.1 Å². The lowest BCUT2D eigenvalue weighted by Gasteiger charge is -2.35. The van der Waals surface area contributed by atoms with Crippen LogP contribution in [0.5, 0.6) is 0 Å². The quantitative estimate of drug-likeness (QED) is 0.719. The smallest absolute Gasteiger partial charge is 0.0622 e. The highest BCUT2D eigenvalue weighted by molar-refractivity contribution is 4.75. The summed E-state index contributed by atoms with van der Waals surface area (Å²) in [4.78, 5) is 2.57. The molecule has 0 aliphatic carbocycles. The minimum atomic E-state index is 0.621. The average Bonchev–Trinajstić information content (AvgIpc) is 2.26. The molecule has 1 heterocycles. The van der Waals surface area contributed by atoms with Crippen LogP contribution in [0.1, 0.15) is 26.7 Å². The van der Waals surface area contributed by atoms with Crippen LogP contribution in [0, 0.1) is 0 Å². The van der Waals surface area contributed by atoms with Crippen molar-refractivity contribution in [3.8, 4) is 0 Å². The van der Waals surface area contributed by atoms with E-state index in [1.165, 1.54) is 19.4 Å². The van der Waals surface area contributed by atoms with Crippen molar-refractivity contribution < 1.29 is 4.74 Å². The van der Waals surface area contributed by atoms with Gasteiger partial charge < -0.3 is 10.1 Å². The molecule has 0 aromatic rings. The summed E-state index contributed by atoms with van der Waals surface area (Å²) in [6.45, 7) is 8.61. The predicted molar refractivity (Wildman–Crippen MR) is 59.6 cm³/mol. The van der Waals surface area contributed by atoms with E-state index in [1.54, 1.807) is 0 Å². The third kappa shape index (κ3) is 3.56. The maximum absolute atomic E-state index is 5.48. The molecule has 84 valence electrons. The van der Waals surface area contributed by atoms with Crippen molar-refractivity contribution in [1.82, 2.24) is 10.2 Å². The molecule has 2 unspecified atom stereocenters. The fraction of sp³-hybridized carbons (Fsp3) is 1.00. The summed E-state index contributed by atoms with van der Waals surface area (Å²) in [7, 11) is 2.03. The molecule has 1 fully saturated rings. The van der Waals surface area contributed by atoms with Crippen molar-refractivity contribution in [3.05, 3.63) is 0 Å². The molecule has 1 N–H and O–H groups in total. The van der Waals surface area contributed by atoms with E-state index in [1.807, 2.05) is 7.05 Å². The topological polar surface area (TPSA) is 24.5 Å². The van der Waals surface area contributed by atoms with E-state index in [2.05, 4.69) is 24.1 Å². The van der Waals surface area contributed by atoms with Gasteiger partial charge in [0.25, 0.3) is 0 Å². The number of morpholine rings is 1. The molecular formula is C11H24N2O. The van der Waals surface area contributed by atoms with E-state index in [9.17, 15) is 0 Å². The zero-order chi connectivity index (χ0) is 10.4. The highest BCUT2D eigenvalue weighted by atomic mass is 16.5. The molecule has 14 heavy (non-hydrogen) atoms. The second-order valence-corrected chi connectivity index (χ2v) is 4.15. The Morgan fingerprint density at radius 1 is 1.57 bits per heavy atom. The standard InChI is InChI=1S/C11H24N2O/c1-4-11-9-14-8-7-13(11)6-5-10(2)12-3/h10-12H,4-9H2,1-3H3. The molecule has 3 nitrogen and oxygen atoms in total. The molecule has 1 aliphatic rings. The Balaban J connectivity index is 2.26. The van der Waals surface area contributed by atoms with Crippen LogP contribution >= 0.6 is 0 Å². The SMILES string of the molecule is CCC1COCCN1CCC(C)NC. The summed E-state index contributed by atoms with van der Waals surface area (Å²) in [5.41, 5.74) is 0. The van der Waals surface area contributed by atoms with Crippen molar-refractivity contribution in [2.45, 2.75) is 38.8 Å². The van der Waals surface area contributed by atoms with Gasteiger partial charge >= 0.3 is 0 Å². The van der Waals surface area contributed by atoms with E-state index in [4.69, 9.17) is 4.74 Å². The van der Waals surface area contributed by atoms with Gasteiger partial charge in [-0.15, -0.1) is 0 Å². The number of nitrogens with zero attached hydrogens (tertiary/aromatic N) is 1. The maximum Gasteiger partial charge on any atom is 0.0622 e. The Hall–Kier alpha value is -0.120. The summed E-state index contributed by atoms with van der Waals surface area (Å²) in [5.74, 6) is 0. The van der Waals surface area contributed by atoms with E-state index in [-0.39, 0.29) is 0 Å². The largest absolute Gasteiger partial charge is 0.378 e. The first-order chi connectivity index (χ1) is 6.77. The monoisotopic (exact) mass is 200 g/mol. The number of rotatable bonds is 5. The zero-order valence-electron chi connectivity index (χ0n) is 9.75. The molecule has 0 bridgehead atoms. The summed E-state index contributed by atoms with van der Waals surface area (Å²) in [5, 5.41) is 3.28. The minimum Gasteiger partial charge on any atom is -0.378 e. The van der Waals surface area contributed by atoms with Gasteiger partial charge in [-0.05, 0) is 26.8 Å². The van der Waals surface area contributed by atoms with Crippen molar-refractivity contribution >= 4 is 0 Å². The Morgan fingerprint density at radius 3 is 3.00 bits per heavy atom. The molecule has 1 saturated heterocycles. The molecule has 1 rings (SSSR count). The molecule has 0 amide bonds. The zero-order valence-corrected chi connectivity index (χ0v) is 9.75. The lowest BCUT2D eigenvalue weighted by Crippen LogP contribution is -2.46. The van der Waals surface area contributed by atoms with Crippen molar-refractivity contribution in [1.29, 1.82) is 0 Å². The van der Waals surface area contributed by atoms with Crippen LogP contribution in [0.3, 0.4) is 0 Å². The minimum absolute atomic E-state index is 0.621. The first-order valence-electron chi connectivity index (χ1n) is 5.77. The van der Waals surface area contributed by atoms with Gasteiger partial charge in [-0.2, -0.15) is 0 Å². The van der Waals surface area contributed by atoms with Gasteiger partial charge in [0.15, 0.2) is 0 Å². The second kappa shape index (κ2) is 6.38. The van der Waals surface area contributed by atoms with Crippen LogP contribution in [-0.2, 0) is 4.74 Å². The number of ether oxygens (including phenoxy) is 1. The van der Waals surface area contributed by atoms with Gasteiger partial charge in [-0.25, -0.2) is 0 Å². The lowest BCUT2D eigenvalue weighted by molar-refractivity contribution is -0.00974. The normalized spacial score (nSPS) is 26.4. The average molecular weight is 200 g/mol. The highest BCUT2D eigenvalue weighted by Crippen LogP contribution is 2.10. The maximum atomic E-state index is 5.48. The second-order valence-electron chi connectivity index (χ2n) is 4.15. The van der Waals surface area contributed by atoms with Gasteiger partial charge in [0.2, 0.25) is 0 Å². The van der Waals surface area contributed by atoms with Gasteiger partial charge in [0.05, 0.1) is 13.2 Å². The van der Waals surface area contributed by atoms with Gasteiger partial charge in [-0.1, -0.05) is 6.92 Å². The summed E-state index contributed by atoms with van der Waals surface area (Å²) in [6, 6.07) is 1.27. The molecule has 0 saturated carbocycles. The van der Waals surface area contributed by atoms with E-state index >= 15 is 0 Å². The molecular weight excluding hydrogens is 176 g/mol. The van der Waals surface area contributed by atoms with Crippen LogP contribution < -0.4 is 5.32 Å². The van der Waals surface area contributed by atoms with E-state index < -0.39 is 0 Å². The summed E-state index contributed by atoms with van der Waals surface area (Å²) in [6.07, 6.45) is 2.43. The number of hydrogen-bond acceptors (Lipinski definition) is 3. The van der Waals surface area contributed by atoms with Crippen LogP contribution in [0.4, 0.5) is 0 Å². The predicted octanol–water partition coefficient (Wildman–Crippen LogP) is 1.10. The Bertz CT molecular complexity index is 152. The van der Waals surface area contributed by atoms with Crippen LogP contribution in [0.25, 0.3) is 0 Å². The van der Waals surface area contributed by atoms with Crippen molar-refractivity contribution in [2.75, 3.05) is 33.4 Å². The first kappa shape index (κ1) is 12.0. The molecule has 0 aromatic carbocycles. The highest BCUT2D eigenvalue weighted by Gasteiger charge is 2.20. The third-order valence-electron chi connectivity index (χ3n) is 3.16. The third-order valence-corrected chi connectivity index (χ3v) is 3.16. The fourth-order valence-corrected chi connectivity index (χ4v) is 1.86. The van der Waals surface area contributed by atoms with Crippen LogP contribution in [0.15, 0.2) is 0 Å². The number of nitrogens with one attached hydrogen (secondary N) is 1. The van der Waals surface area contributed by atoms with E-state index in [0.717, 1.165) is 19.8 Å². The summed E-state index contributed by atoms with van der Waals surface area (Å²) < 4.78 is 5.48. The molecule has 0 radical (unpaired) electrons. The molecule has 2 atom stereocenters. The van der Waals surface area contributed by atoms with Gasteiger partial charge in [0, 0.05) is 25.2 Å². The Kier molecular flexibility index (Phi) is 5.45.